The summed E-state index contributed by atoms with van der Waals surface area (Å²) in [6.07, 6.45) is 4.24. The van der Waals surface area contributed by atoms with Crippen LogP contribution in [0.15, 0.2) is 53.2 Å². The molecule has 4 heterocycles. The van der Waals surface area contributed by atoms with Crippen LogP contribution in [0.1, 0.15) is 36.0 Å². The Kier molecular flexibility index (Phi) is 4.52. The molecule has 4 aromatic rings. The number of benzene rings is 1. The third-order valence-electron chi connectivity index (χ3n) is 5.56. The zero-order valence-electron chi connectivity index (χ0n) is 16.6. The molecule has 3 aromatic heterocycles. The standard InChI is InChI=1S/C22H23N5O2/c1-15-11-18(24-29-15)14-26-10-4-7-20(26)22-21-9-8-17(13-27(21)25-23-22)16-5-3-6-19(12-16)28-2/h3,5-6,8-9,11-13,20H,4,7,10,14H2,1-2H3. The maximum atomic E-state index is 5.35. The topological polar surface area (TPSA) is 68.7 Å². The maximum absolute atomic E-state index is 5.35. The van der Waals surface area contributed by atoms with E-state index >= 15 is 0 Å². The maximum Gasteiger partial charge on any atom is 0.133 e. The number of rotatable bonds is 5. The Morgan fingerprint density at radius 3 is 2.93 bits per heavy atom. The zero-order chi connectivity index (χ0) is 19.8. The number of aromatic nitrogens is 4. The normalized spacial score (nSPS) is 17.2. The number of hydrogen-bond donors (Lipinski definition) is 0. The number of pyridine rings is 1. The van der Waals surface area contributed by atoms with Gasteiger partial charge in [0.25, 0.3) is 0 Å². The van der Waals surface area contributed by atoms with Gasteiger partial charge in [0.2, 0.25) is 0 Å². The number of likely N-dealkylation sites (tertiary alicyclic amines) is 1. The van der Waals surface area contributed by atoms with Crippen molar-refractivity contribution in [3.8, 4) is 16.9 Å². The fourth-order valence-corrected chi connectivity index (χ4v) is 4.15. The molecule has 1 aliphatic heterocycles. The van der Waals surface area contributed by atoms with Crippen LogP contribution in [0.25, 0.3) is 16.6 Å². The Morgan fingerprint density at radius 2 is 2.10 bits per heavy atom. The van der Waals surface area contributed by atoms with Gasteiger partial charge >= 0.3 is 0 Å². The van der Waals surface area contributed by atoms with E-state index in [2.05, 4.69) is 38.6 Å². The first-order valence-corrected chi connectivity index (χ1v) is 9.87. The highest BCUT2D eigenvalue weighted by atomic mass is 16.5. The van der Waals surface area contributed by atoms with Crippen molar-refractivity contribution in [2.24, 2.45) is 0 Å². The summed E-state index contributed by atoms with van der Waals surface area (Å²) in [7, 11) is 1.68. The van der Waals surface area contributed by atoms with E-state index in [1.54, 1.807) is 7.11 Å². The lowest BCUT2D eigenvalue weighted by atomic mass is 10.1. The van der Waals surface area contributed by atoms with Gasteiger partial charge < -0.3 is 9.26 Å². The Morgan fingerprint density at radius 1 is 1.17 bits per heavy atom. The third kappa shape index (κ3) is 3.38. The van der Waals surface area contributed by atoms with Crippen LogP contribution in [0, 0.1) is 6.92 Å². The zero-order valence-corrected chi connectivity index (χ0v) is 16.6. The lowest BCUT2D eigenvalue weighted by Crippen LogP contribution is -2.23. The fourth-order valence-electron chi connectivity index (χ4n) is 4.15. The highest BCUT2D eigenvalue weighted by Crippen LogP contribution is 2.34. The third-order valence-corrected chi connectivity index (χ3v) is 5.56. The highest BCUT2D eigenvalue weighted by Gasteiger charge is 2.30. The first kappa shape index (κ1) is 17.9. The van der Waals surface area contributed by atoms with Gasteiger partial charge in [-0.2, -0.15) is 0 Å². The summed E-state index contributed by atoms with van der Waals surface area (Å²) in [6.45, 7) is 3.71. The van der Waals surface area contributed by atoms with Gasteiger partial charge in [-0.1, -0.05) is 28.6 Å². The van der Waals surface area contributed by atoms with Crippen molar-refractivity contribution < 1.29 is 9.26 Å². The van der Waals surface area contributed by atoms with Crippen molar-refractivity contribution in [2.45, 2.75) is 32.4 Å². The molecular formula is C22H23N5O2. The highest BCUT2D eigenvalue weighted by molar-refractivity contribution is 5.67. The van der Waals surface area contributed by atoms with Crippen molar-refractivity contribution in [2.75, 3.05) is 13.7 Å². The molecule has 1 fully saturated rings. The average Bonchev–Trinajstić information content (AvgIpc) is 3.47. The van der Waals surface area contributed by atoms with E-state index in [-0.39, 0.29) is 6.04 Å². The van der Waals surface area contributed by atoms with Gasteiger partial charge in [-0.25, -0.2) is 4.52 Å². The van der Waals surface area contributed by atoms with E-state index in [1.807, 2.05) is 41.9 Å². The summed E-state index contributed by atoms with van der Waals surface area (Å²) in [6, 6.07) is 14.5. The van der Waals surface area contributed by atoms with Crippen LogP contribution in [-0.4, -0.2) is 38.5 Å². The van der Waals surface area contributed by atoms with Crippen LogP contribution in [0.4, 0.5) is 0 Å². The van der Waals surface area contributed by atoms with E-state index in [9.17, 15) is 0 Å². The Bertz CT molecular complexity index is 1150. The Balaban J connectivity index is 1.44. The largest absolute Gasteiger partial charge is 0.497 e. The van der Waals surface area contributed by atoms with E-state index in [1.165, 1.54) is 0 Å². The summed E-state index contributed by atoms with van der Waals surface area (Å²) in [5.74, 6) is 1.68. The lowest BCUT2D eigenvalue weighted by Gasteiger charge is -2.21. The minimum atomic E-state index is 0.243. The first-order chi connectivity index (χ1) is 14.2. The van der Waals surface area contributed by atoms with Gasteiger partial charge in [0.05, 0.1) is 24.4 Å². The van der Waals surface area contributed by atoms with Gasteiger partial charge in [0.15, 0.2) is 0 Å². The molecule has 0 amide bonds. The second kappa shape index (κ2) is 7.33. The van der Waals surface area contributed by atoms with Crippen LogP contribution in [0.5, 0.6) is 5.75 Å². The van der Waals surface area contributed by atoms with Gasteiger partial charge in [-0.15, -0.1) is 5.10 Å². The second-order valence-corrected chi connectivity index (χ2v) is 7.51. The molecule has 0 radical (unpaired) electrons. The molecule has 7 heteroatoms. The van der Waals surface area contributed by atoms with Gasteiger partial charge in [0.1, 0.15) is 17.2 Å². The minimum absolute atomic E-state index is 0.243. The predicted octanol–water partition coefficient (Wildman–Crippen LogP) is 4.04. The van der Waals surface area contributed by atoms with E-state index in [0.29, 0.717) is 0 Å². The van der Waals surface area contributed by atoms with Crippen molar-refractivity contribution in [1.82, 2.24) is 24.9 Å². The molecule has 0 aliphatic carbocycles. The minimum Gasteiger partial charge on any atom is -0.497 e. The number of hydrogen-bond acceptors (Lipinski definition) is 6. The number of aryl methyl sites for hydroxylation is 1. The summed E-state index contributed by atoms with van der Waals surface area (Å²) in [5.41, 5.74) is 5.21. The Labute approximate surface area is 168 Å². The number of ether oxygens (including phenoxy) is 1. The van der Waals surface area contributed by atoms with Gasteiger partial charge in [-0.05, 0) is 50.1 Å². The number of methoxy groups -OCH3 is 1. The van der Waals surface area contributed by atoms with Crippen molar-refractivity contribution in [3.05, 3.63) is 65.8 Å². The van der Waals surface area contributed by atoms with Gasteiger partial charge in [0, 0.05) is 24.4 Å². The molecule has 1 aliphatic rings. The summed E-state index contributed by atoms with van der Waals surface area (Å²) in [4.78, 5) is 2.41. The first-order valence-electron chi connectivity index (χ1n) is 9.87. The molecule has 5 rings (SSSR count). The quantitative estimate of drug-likeness (QED) is 0.513. The monoisotopic (exact) mass is 389 g/mol. The molecule has 0 spiro atoms. The van der Waals surface area contributed by atoms with Crippen molar-refractivity contribution >= 4 is 5.52 Å². The van der Waals surface area contributed by atoms with Crippen molar-refractivity contribution in [3.63, 3.8) is 0 Å². The number of fused-ring (bicyclic) bond motifs is 1. The summed E-state index contributed by atoms with van der Waals surface area (Å²) >= 11 is 0. The van der Waals surface area contributed by atoms with E-state index in [4.69, 9.17) is 9.26 Å². The van der Waals surface area contributed by atoms with Crippen LogP contribution in [0.2, 0.25) is 0 Å². The molecule has 0 saturated carbocycles. The van der Waals surface area contributed by atoms with Gasteiger partial charge in [-0.3, -0.25) is 4.90 Å². The fraction of sp³-hybridized carbons (Fsp3) is 0.318. The molecule has 29 heavy (non-hydrogen) atoms. The average molecular weight is 389 g/mol. The number of nitrogens with zero attached hydrogens (tertiary/aromatic N) is 5. The molecule has 1 saturated heterocycles. The molecular weight excluding hydrogens is 366 g/mol. The second-order valence-electron chi connectivity index (χ2n) is 7.51. The SMILES string of the molecule is COc1cccc(-c2ccc3c(C4CCCN4Cc4cc(C)on4)nnn3c2)c1. The van der Waals surface area contributed by atoms with E-state index < -0.39 is 0 Å². The molecule has 0 N–H and O–H groups in total. The van der Waals surface area contributed by atoms with Crippen LogP contribution in [-0.2, 0) is 6.54 Å². The van der Waals surface area contributed by atoms with Crippen LogP contribution in [0.3, 0.4) is 0 Å². The smallest absolute Gasteiger partial charge is 0.133 e. The summed E-state index contributed by atoms with van der Waals surface area (Å²) < 4.78 is 12.4. The molecule has 1 aromatic carbocycles. The Hall–Kier alpha value is -3.19. The molecule has 1 atom stereocenters. The molecule has 0 bridgehead atoms. The van der Waals surface area contributed by atoms with Crippen LogP contribution < -0.4 is 4.74 Å². The molecule has 148 valence electrons. The summed E-state index contributed by atoms with van der Waals surface area (Å²) in [5, 5.41) is 13.1. The molecule has 7 nitrogen and oxygen atoms in total. The predicted molar refractivity (Wildman–Crippen MR) is 109 cm³/mol. The van der Waals surface area contributed by atoms with Crippen LogP contribution >= 0.6 is 0 Å². The van der Waals surface area contributed by atoms with E-state index in [0.717, 1.165) is 65.5 Å². The molecule has 1 unspecified atom stereocenters. The van der Waals surface area contributed by atoms with Crippen molar-refractivity contribution in [1.29, 1.82) is 0 Å². The lowest BCUT2D eigenvalue weighted by molar-refractivity contribution is 0.237.